The minimum atomic E-state index is -1.03. The van der Waals surface area contributed by atoms with Gasteiger partial charge in [0.2, 0.25) is 0 Å². The van der Waals surface area contributed by atoms with Gasteiger partial charge in [0.05, 0.1) is 25.7 Å². The van der Waals surface area contributed by atoms with Gasteiger partial charge in [-0.15, -0.1) is 11.3 Å². The highest BCUT2D eigenvalue weighted by Gasteiger charge is 2.19. The summed E-state index contributed by atoms with van der Waals surface area (Å²) in [6.45, 7) is 2.78. The van der Waals surface area contributed by atoms with Crippen molar-refractivity contribution in [3.05, 3.63) is 59.1 Å². The number of ether oxygens (including phenoxy) is 3. The van der Waals surface area contributed by atoms with E-state index < -0.39 is 5.97 Å². The van der Waals surface area contributed by atoms with Gasteiger partial charge in [0.15, 0.2) is 22.2 Å². The molecular weight excluding hydrogens is 454 g/mol. The number of methoxy groups -OCH3 is 2. The minimum absolute atomic E-state index is 0.135. The van der Waals surface area contributed by atoms with Crippen LogP contribution in [0.3, 0.4) is 0 Å². The lowest BCUT2D eigenvalue weighted by atomic mass is 10.00. The second-order valence-electron chi connectivity index (χ2n) is 7.30. The van der Waals surface area contributed by atoms with Crippen LogP contribution in [0.1, 0.15) is 22.2 Å². The number of fused-ring (bicyclic) bond motifs is 1. The van der Waals surface area contributed by atoms with Crippen molar-refractivity contribution < 1.29 is 24.1 Å². The molecule has 0 atom stereocenters. The lowest BCUT2D eigenvalue weighted by Crippen LogP contribution is -2.08. The largest absolute Gasteiger partial charge is 0.493 e. The Labute approximate surface area is 201 Å². The fourth-order valence-electron chi connectivity index (χ4n) is 3.79. The molecule has 8 nitrogen and oxygen atoms in total. The number of hydrogen-bond acceptors (Lipinski definition) is 8. The van der Waals surface area contributed by atoms with E-state index in [0.717, 1.165) is 33.4 Å². The highest BCUT2D eigenvalue weighted by molar-refractivity contribution is 7.17. The van der Waals surface area contributed by atoms with Crippen molar-refractivity contribution in [1.82, 2.24) is 9.97 Å². The Morgan fingerprint density at radius 1 is 1.12 bits per heavy atom. The Hall–Kier alpha value is -3.85. The topological polar surface area (TPSA) is 103 Å². The van der Waals surface area contributed by atoms with Crippen molar-refractivity contribution in [2.45, 2.75) is 13.3 Å². The molecule has 2 aromatic heterocycles. The van der Waals surface area contributed by atoms with E-state index in [2.05, 4.69) is 21.4 Å². The predicted octanol–water partition coefficient (Wildman–Crippen LogP) is 5.13. The fourth-order valence-corrected chi connectivity index (χ4v) is 4.67. The van der Waals surface area contributed by atoms with E-state index in [9.17, 15) is 9.90 Å². The van der Waals surface area contributed by atoms with E-state index >= 15 is 0 Å². The van der Waals surface area contributed by atoms with Crippen molar-refractivity contribution in [3.8, 4) is 28.0 Å². The van der Waals surface area contributed by atoms with E-state index in [1.807, 2.05) is 31.2 Å². The molecule has 176 valence electrons. The van der Waals surface area contributed by atoms with Crippen LogP contribution in [0.25, 0.3) is 21.5 Å². The zero-order chi connectivity index (χ0) is 24.1. The van der Waals surface area contributed by atoms with Crippen LogP contribution < -0.4 is 19.5 Å². The SMILES string of the molecule is CCOc1cc(-c2nccc(NCCc3c(OC)c(OC)cc4ccccc34)n2)sc1C(=O)O. The quantitative estimate of drug-likeness (QED) is 0.323. The van der Waals surface area contributed by atoms with Crippen LogP contribution in [0, 0.1) is 0 Å². The highest BCUT2D eigenvalue weighted by Crippen LogP contribution is 2.38. The van der Waals surface area contributed by atoms with Crippen molar-refractivity contribution in [2.75, 3.05) is 32.7 Å². The van der Waals surface area contributed by atoms with E-state index in [0.29, 0.717) is 47.6 Å². The average molecular weight is 480 g/mol. The third kappa shape index (κ3) is 4.74. The normalized spacial score (nSPS) is 10.8. The van der Waals surface area contributed by atoms with E-state index in [-0.39, 0.29) is 4.88 Å². The number of aromatic carboxylic acids is 1. The van der Waals surface area contributed by atoms with E-state index in [1.165, 1.54) is 0 Å². The Kier molecular flexibility index (Phi) is 7.12. The number of aromatic nitrogens is 2. The van der Waals surface area contributed by atoms with Crippen LogP contribution in [0.5, 0.6) is 17.2 Å². The molecule has 34 heavy (non-hydrogen) atoms. The zero-order valence-electron chi connectivity index (χ0n) is 19.1. The summed E-state index contributed by atoms with van der Waals surface area (Å²) < 4.78 is 16.7. The number of hydrogen-bond donors (Lipinski definition) is 2. The van der Waals surface area contributed by atoms with Crippen LogP contribution in [0.2, 0.25) is 0 Å². The highest BCUT2D eigenvalue weighted by atomic mass is 32.1. The number of nitrogens with zero attached hydrogens (tertiary/aromatic N) is 2. The molecule has 0 amide bonds. The first kappa shape index (κ1) is 23.3. The first-order valence-electron chi connectivity index (χ1n) is 10.8. The average Bonchev–Trinajstić information content (AvgIpc) is 3.28. The van der Waals surface area contributed by atoms with Gasteiger partial charge in [0, 0.05) is 24.4 Å². The number of nitrogens with one attached hydrogen (secondary N) is 1. The van der Waals surface area contributed by atoms with Gasteiger partial charge >= 0.3 is 5.97 Å². The Balaban J connectivity index is 1.56. The van der Waals surface area contributed by atoms with Crippen LogP contribution in [-0.4, -0.2) is 48.4 Å². The number of thiophene rings is 1. The molecule has 4 aromatic rings. The van der Waals surface area contributed by atoms with Gasteiger partial charge in [-0.2, -0.15) is 0 Å². The number of carbonyl (C=O) groups is 1. The smallest absolute Gasteiger partial charge is 0.349 e. The molecule has 0 aliphatic carbocycles. The Morgan fingerprint density at radius 3 is 2.68 bits per heavy atom. The summed E-state index contributed by atoms with van der Waals surface area (Å²) in [4.78, 5) is 21.2. The molecule has 0 aliphatic heterocycles. The third-order valence-corrected chi connectivity index (χ3v) is 6.34. The maximum Gasteiger partial charge on any atom is 0.349 e. The molecule has 0 fully saturated rings. The van der Waals surface area contributed by atoms with Gasteiger partial charge < -0.3 is 24.6 Å². The number of benzene rings is 2. The molecule has 0 unspecified atom stereocenters. The van der Waals surface area contributed by atoms with Gasteiger partial charge in [-0.05, 0) is 36.2 Å². The van der Waals surface area contributed by atoms with Gasteiger partial charge in [0.25, 0.3) is 0 Å². The lowest BCUT2D eigenvalue weighted by molar-refractivity contribution is 0.0698. The number of carboxylic acids is 1. The molecule has 2 heterocycles. The molecule has 0 saturated carbocycles. The van der Waals surface area contributed by atoms with E-state index in [4.69, 9.17) is 14.2 Å². The van der Waals surface area contributed by atoms with Gasteiger partial charge in [-0.3, -0.25) is 0 Å². The number of carboxylic acid groups (broad SMARTS) is 1. The first-order chi connectivity index (χ1) is 16.5. The second kappa shape index (κ2) is 10.4. The number of rotatable bonds is 10. The molecule has 0 bridgehead atoms. The summed E-state index contributed by atoms with van der Waals surface area (Å²) in [5, 5.41) is 15.0. The van der Waals surface area contributed by atoms with Gasteiger partial charge in [0.1, 0.15) is 11.6 Å². The fraction of sp³-hybridized carbons (Fsp3) is 0.240. The molecule has 2 N–H and O–H groups in total. The lowest BCUT2D eigenvalue weighted by Gasteiger charge is -2.16. The summed E-state index contributed by atoms with van der Waals surface area (Å²) in [5.41, 5.74) is 1.05. The maximum atomic E-state index is 11.5. The second-order valence-corrected chi connectivity index (χ2v) is 8.35. The van der Waals surface area contributed by atoms with Crippen LogP contribution in [-0.2, 0) is 6.42 Å². The monoisotopic (exact) mass is 479 g/mol. The van der Waals surface area contributed by atoms with Crippen molar-refractivity contribution >= 4 is 33.9 Å². The van der Waals surface area contributed by atoms with Crippen molar-refractivity contribution in [3.63, 3.8) is 0 Å². The molecule has 0 saturated heterocycles. The van der Waals surface area contributed by atoms with Gasteiger partial charge in [-0.25, -0.2) is 14.8 Å². The Bertz CT molecular complexity index is 1320. The first-order valence-corrected chi connectivity index (χ1v) is 11.6. The Morgan fingerprint density at radius 2 is 1.94 bits per heavy atom. The molecule has 0 aliphatic rings. The zero-order valence-corrected chi connectivity index (χ0v) is 19.9. The number of anilines is 1. The van der Waals surface area contributed by atoms with Crippen LogP contribution in [0.15, 0.2) is 48.7 Å². The maximum absolute atomic E-state index is 11.5. The van der Waals surface area contributed by atoms with Crippen molar-refractivity contribution in [1.29, 1.82) is 0 Å². The summed E-state index contributed by atoms with van der Waals surface area (Å²) in [6, 6.07) is 13.5. The standard InChI is InChI=1S/C25H25N3O5S/c1-4-33-19-14-20(34-23(19)25(29)30)24-27-12-10-21(28-24)26-11-9-17-16-8-6-5-7-15(16)13-18(31-2)22(17)32-3/h5-8,10,12-14H,4,9,11H2,1-3H3,(H,29,30)(H,26,27,28). The molecule has 9 heteroatoms. The van der Waals surface area contributed by atoms with Crippen LogP contribution in [0.4, 0.5) is 5.82 Å². The molecule has 4 rings (SSSR count). The van der Waals surface area contributed by atoms with Crippen LogP contribution >= 0.6 is 11.3 Å². The van der Waals surface area contributed by atoms with Crippen molar-refractivity contribution in [2.24, 2.45) is 0 Å². The summed E-state index contributed by atoms with van der Waals surface area (Å²) in [6.07, 6.45) is 2.32. The molecule has 0 radical (unpaired) electrons. The van der Waals surface area contributed by atoms with Gasteiger partial charge in [-0.1, -0.05) is 24.3 Å². The molecule has 0 spiro atoms. The molecule has 2 aromatic carbocycles. The summed E-state index contributed by atoms with van der Waals surface area (Å²) in [5.74, 6) is 1.78. The predicted molar refractivity (Wildman–Crippen MR) is 133 cm³/mol. The molecular formula is C25H25N3O5S. The third-order valence-electron chi connectivity index (χ3n) is 5.24. The summed E-state index contributed by atoms with van der Waals surface area (Å²) in [7, 11) is 3.28. The minimum Gasteiger partial charge on any atom is -0.493 e. The van der Waals surface area contributed by atoms with E-state index in [1.54, 1.807) is 32.5 Å². The summed E-state index contributed by atoms with van der Waals surface area (Å²) >= 11 is 1.09.